The first-order valence-corrected chi connectivity index (χ1v) is 17.1. The number of ether oxygens (including phenoxy) is 1. The number of nitrogens with zero attached hydrogens (tertiary/aromatic N) is 10. The number of likely N-dealkylation sites (N-methyl/N-ethyl adjacent to an activating group) is 1. The number of hydrogen-bond donors (Lipinski definition) is 1. The predicted molar refractivity (Wildman–Crippen MR) is 190 cm³/mol. The standard InChI is InChI=1S/C36H41N11O3/c1-36(26-7-4-3-5-8-26,47-33-29(25-38-47)32-39-31(30-9-6-23-50-30)41-46(32)35(37)40-33)34(48)45-20-18-44(19-21-45)27-10-12-28(13-11-27)49-24-22-43-16-14-42(2)15-17-43/h3-13,23,25H,14-22,24H2,1-2H3,(H2,37,40)/t36-/m1/s1. The lowest BCUT2D eigenvalue weighted by molar-refractivity contribution is -0.138. The fraction of sp³-hybridized carbons (Fsp3) is 0.361. The van der Waals surface area contributed by atoms with Gasteiger partial charge in [0.15, 0.2) is 22.6 Å². The van der Waals surface area contributed by atoms with Gasteiger partial charge in [0.25, 0.3) is 5.91 Å². The number of fused-ring (bicyclic) bond motifs is 3. The van der Waals surface area contributed by atoms with Crippen molar-refractivity contribution in [3.8, 4) is 17.3 Å². The molecule has 2 saturated heterocycles. The Kier molecular flexibility index (Phi) is 8.32. The van der Waals surface area contributed by atoms with Crippen molar-refractivity contribution in [3.63, 3.8) is 0 Å². The summed E-state index contributed by atoms with van der Waals surface area (Å²) < 4.78 is 14.7. The number of rotatable bonds is 9. The van der Waals surface area contributed by atoms with Crippen LogP contribution in [0.25, 0.3) is 28.3 Å². The molecule has 0 bridgehead atoms. The summed E-state index contributed by atoms with van der Waals surface area (Å²) in [6, 6.07) is 21.5. The normalized spacial score (nSPS) is 17.4. The Hall–Kier alpha value is -5.47. The fourth-order valence-corrected chi connectivity index (χ4v) is 6.94. The minimum absolute atomic E-state index is 0.0737. The zero-order chi connectivity index (χ0) is 34.2. The molecule has 0 unspecified atom stereocenters. The number of carbonyl (C=O) groups excluding carboxylic acids is 1. The van der Waals surface area contributed by atoms with Crippen molar-refractivity contribution in [1.82, 2.24) is 44.1 Å². The highest BCUT2D eigenvalue weighted by molar-refractivity contribution is 5.94. The predicted octanol–water partition coefficient (Wildman–Crippen LogP) is 3.05. The number of carbonyl (C=O) groups is 1. The lowest BCUT2D eigenvalue weighted by Crippen LogP contribution is -2.56. The van der Waals surface area contributed by atoms with Crippen LogP contribution in [0.1, 0.15) is 12.5 Å². The van der Waals surface area contributed by atoms with Crippen molar-refractivity contribution in [2.75, 3.05) is 83.2 Å². The van der Waals surface area contributed by atoms with Gasteiger partial charge < -0.3 is 29.6 Å². The minimum Gasteiger partial charge on any atom is -0.492 e. The number of hydrogen-bond acceptors (Lipinski definition) is 11. The Labute approximate surface area is 289 Å². The second-order valence-corrected chi connectivity index (χ2v) is 13.1. The third-order valence-electron chi connectivity index (χ3n) is 9.99. The van der Waals surface area contributed by atoms with Crippen molar-refractivity contribution < 1.29 is 13.9 Å². The van der Waals surface area contributed by atoms with Crippen LogP contribution < -0.4 is 15.4 Å². The highest BCUT2D eigenvalue weighted by atomic mass is 16.5. The number of aromatic nitrogens is 6. The van der Waals surface area contributed by atoms with Gasteiger partial charge in [-0.2, -0.15) is 14.6 Å². The van der Waals surface area contributed by atoms with Crippen LogP contribution in [0.15, 0.2) is 83.6 Å². The summed E-state index contributed by atoms with van der Waals surface area (Å²) in [4.78, 5) is 33.1. The van der Waals surface area contributed by atoms with Gasteiger partial charge in [-0.3, -0.25) is 9.69 Å². The average Bonchev–Trinajstić information content (AvgIpc) is 3.94. The van der Waals surface area contributed by atoms with E-state index < -0.39 is 5.54 Å². The molecule has 14 nitrogen and oxygen atoms in total. The van der Waals surface area contributed by atoms with Gasteiger partial charge in [-0.15, -0.1) is 5.10 Å². The van der Waals surface area contributed by atoms with Gasteiger partial charge in [0.1, 0.15) is 12.4 Å². The fourth-order valence-electron chi connectivity index (χ4n) is 6.94. The Morgan fingerprint density at radius 2 is 1.66 bits per heavy atom. The molecular formula is C36H41N11O3. The monoisotopic (exact) mass is 675 g/mol. The van der Waals surface area contributed by atoms with Gasteiger partial charge in [0.05, 0.1) is 17.8 Å². The lowest BCUT2D eigenvalue weighted by Gasteiger charge is -2.40. The third-order valence-corrected chi connectivity index (χ3v) is 9.99. The van der Waals surface area contributed by atoms with Gasteiger partial charge in [0, 0.05) is 64.6 Å². The molecule has 0 aliphatic carbocycles. The highest BCUT2D eigenvalue weighted by Gasteiger charge is 2.43. The van der Waals surface area contributed by atoms with E-state index in [0.29, 0.717) is 61.1 Å². The van der Waals surface area contributed by atoms with E-state index in [9.17, 15) is 4.79 Å². The minimum atomic E-state index is -1.21. The molecule has 50 heavy (non-hydrogen) atoms. The number of piperazine rings is 2. The number of furan rings is 1. The topological polar surface area (TPSA) is 139 Å². The molecule has 2 aliphatic heterocycles. The second-order valence-electron chi connectivity index (χ2n) is 13.1. The maximum absolute atomic E-state index is 14.7. The van der Waals surface area contributed by atoms with Gasteiger partial charge in [0.2, 0.25) is 11.8 Å². The maximum Gasteiger partial charge on any atom is 0.255 e. The van der Waals surface area contributed by atoms with E-state index in [0.717, 1.165) is 49.7 Å². The molecule has 14 heteroatoms. The molecule has 2 aromatic carbocycles. The first kappa shape index (κ1) is 31.8. The molecule has 6 aromatic rings. The van der Waals surface area contributed by atoms with Crippen LogP contribution in [0.2, 0.25) is 0 Å². The highest BCUT2D eigenvalue weighted by Crippen LogP contribution is 2.34. The SMILES string of the molecule is CN1CCN(CCOc2ccc(N3CCN(C(=O)[C@@](C)(c4ccccc4)n4ncc5c4nc(N)n4nc(-c6ccco6)nc54)CC3)cc2)CC1. The molecule has 1 atom stereocenters. The van der Waals surface area contributed by atoms with Crippen LogP contribution >= 0.6 is 0 Å². The van der Waals surface area contributed by atoms with Crippen molar-refractivity contribution in [2.24, 2.45) is 0 Å². The quantitative estimate of drug-likeness (QED) is 0.242. The van der Waals surface area contributed by atoms with Crippen molar-refractivity contribution >= 4 is 34.2 Å². The molecule has 0 spiro atoms. The summed E-state index contributed by atoms with van der Waals surface area (Å²) >= 11 is 0. The molecule has 6 heterocycles. The Bertz CT molecular complexity index is 2080. The summed E-state index contributed by atoms with van der Waals surface area (Å²) in [5, 5.41) is 9.90. The van der Waals surface area contributed by atoms with E-state index in [1.165, 1.54) is 4.52 Å². The van der Waals surface area contributed by atoms with E-state index in [1.807, 2.05) is 54.3 Å². The van der Waals surface area contributed by atoms with Crippen molar-refractivity contribution in [3.05, 3.63) is 84.8 Å². The lowest BCUT2D eigenvalue weighted by atomic mass is 9.90. The zero-order valence-corrected chi connectivity index (χ0v) is 28.4. The number of anilines is 2. The molecule has 2 N–H and O–H groups in total. The van der Waals surface area contributed by atoms with Gasteiger partial charge in [-0.05, 0) is 55.9 Å². The van der Waals surface area contributed by atoms with Gasteiger partial charge >= 0.3 is 0 Å². The summed E-state index contributed by atoms with van der Waals surface area (Å²) in [5.41, 5.74) is 8.03. The first-order chi connectivity index (χ1) is 24.4. The molecule has 258 valence electrons. The Balaban J connectivity index is 0.997. The number of nitrogen functional groups attached to an aromatic ring is 1. The molecule has 8 rings (SSSR count). The largest absolute Gasteiger partial charge is 0.492 e. The summed E-state index contributed by atoms with van der Waals surface area (Å²) in [6.07, 6.45) is 3.24. The number of amides is 1. The van der Waals surface area contributed by atoms with E-state index >= 15 is 0 Å². The third kappa shape index (κ3) is 5.79. The van der Waals surface area contributed by atoms with Gasteiger partial charge in [-0.1, -0.05) is 30.3 Å². The molecular weight excluding hydrogens is 634 g/mol. The molecule has 0 radical (unpaired) electrons. The van der Waals surface area contributed by atoms with Crippen LogP contribution in [0, 0.1) is 0 Å². The first-order valence-electron chi connectivity index (χ1n) is 17.1. The Morgan fingerprint density at radius 3 is 2.38 bits per heavy atom. The van der Waals surface area contributed by atoms with E-state index in [2.05, 4.69) is 39.0 Å². The van der Waals surface area contributed by atoms with E-state index in [4.69, 9.17) is 30.0 Å². The summed E-state index contributed by atoms with van der Waals surface area (Å²) in [6.45, 7) is 10.4. The van der Waals surface area contributed by atoms with Crippen LogP contribution in [0.5, 0.6) is 5.75 Å². The average molecular weight is 676 g/mol. The smallest absolute Gasteiger partial charge is 0.255 e. The zero-order valence-electron chi connectivity index (χ0n) is 28.4. The number of nitrogens with two attached hydrogens (primary N) is 1. The van der Waals surface area contributed by atoms with Crippen molar-refractivity contribution in [1.29, 1.82) is 0 Å². The van der Waals surface area contributed by atoms with Crippen LogP contribution in [-0.4, -0.2) is 123 Å². The molecule has 2 aliphatic rings. The second kappa shape index (κ2) is 13.1. The Morgan fingerprint density at radius 1 is 0.900 bits per heavy atom. The molecule has 1 amide bonds. The maximum atomic E-state index is 14.7. The summed E-state index contributed by atoms with van der Waals surface area (Å²) in [5.74, 6) is 1.82. The van der Waals surface area contributed by atoms with Crippen LogP contribution in [0.3, 0.4) is 0 Å². The number of benzene rings is 2. The van der Waals surface area contributed by atoms with Crippen molar-refractivity contribution in [2.45, 2.75) is 12.5 Å². The van der Waals surface area contributed by atoms with E-state index in [1.54, 1.807) is 29.3 Å². The molecule has 4 aromatic heterocycles. The molecule has 2 fully saturated rings. The van der Waals surface area contributed by atoms with E-state index in [-0.39, 0.29) is 11.9 Å². The van der Waals surface area contributed by atoms with Crippen LogP contribution in [0.4, 0.5) is 11.6 Å². The summed E-state index contributed by atoms with van der Waals surface area (Å²) in [7, 11) is 2.17. The van der Waals surface area contributed by atoms with Gasteiger partial charge in [-0.25, -0.2) is 9.67 Å². The molecule has 0 saturated carbocycles. The van der Waals surface area contributed by atoms with Crippen LogP contribution in [-0.2, 0) is 10.3 Å².